The van der Waals surface area contributed by atoms with Crippen LogP contribution in [0.15, 0.2) is 34.4 Å². The molecule has 0 aliphatic heterocycles. The Morgan fingerprint density at radius 1 is 1.33 bits per heavy atom. The number of thiophene rings is 1. The van der Waals surface area contributed by atoms with Gasteiger partial charge in [-0.05, 0) is 30.0 Å². The van der Waals surface area contributed by atoms with Crippen LogP contribution in [-0.4, -0.2) is 15.1 Å². The molecule has 2 N–H and O–H groups in total. The maximum atomic E-state index is 5.82. The lowest BCUT2D eigenvalue weighted by Gasteiger charge is -1.97. The first kappa shape index (κ1) is 10.9. The fourth-order valence-corrected chi connectivity index (χ4v) is 2.38. The molecule has 0 radical (unpaired) electrons. The number of hydrogen-bond acceptors (Lipinski definition) is 6. The normalized spacial score (nSPS) is 10.7. The number of aromatic nitrogens is 3. The molecule has 3 aromatic rings. The van der Waals surface area contributed by atoms with E-state index in [2.05, 4.69) is 15.1 Å². The fraction of sp³-hybridized carbons (Fsp3) is 0.0833. The van der Waals surface area contributed by atoms with E-state index < -0.39 is 0 Å². The van der Waals surface area contributed by atoms with E-state index in [4.69, 9.17) is 10.3 Å². The largest absolute Gasteiger partial charge is 0.397 e. The Bertz CT molecular complexity index is 689. The van der Waals surface area contributed by atoms with Crippen molar-refractivity contribution in [3.05, 3.63) is 35.5 Å². The average Bonchev–Trinajstić information content (AvgIpc) is 2.98. The monoisotopic (exact) mass is 258 g/mol. The molecule has 0 atom stereocenters. The van der Waals surface area contributed by atoms with Gasteiger partial charge in [0.2, 0.25) is 5.82 Å². The van der Waals surface area contributed by atoms with Crippen LogP contribution in [0.5, 0.6) is 0 Å². The lowest BCUT2D eigenvalue weighted by molar-refractivity contribution is 0.433. The molecule has 0 saturated carbocycles. The second-order valence-electron chi connectivity index (χ2n) is 3.82. The van der Waals surface area contributed by atoms with Crippen LogP contribution in [0.25, 0.3) is 22.2 Å². The zero-order valence-electron chi connectivity index (χ0n) is 9.62. The first-order chi connectivity index (χ1) is 8.75. The van der Waals surface area contributed by atoms with Gasteiger partial charge in [-0.3, -0.25) is 4.98 Å². The van der Waals surface area contributed by atoms with Gasteiger partial charge in [0.1, 0.15) is 4.88 Å². The number of nitrogens with two attached hydrogens (primary N) is 1. The summed E-state index contributed by atoms with van der Waals surface area (Å²) in [5.41, 5.74) is 8.39. The highest BCUT2D eigenvalue weighted by Crippen LogP contribution is 2.31. The smallest absolute Gasteiger partial charge is 0.270 e. The van der Waals surface area contributed by atoms with Gasteiger partial charge in [0.25, 0.3) is 5.89 Å². The Morgan fingerprint density at radius 2 is 2.22 bits per heavy atom. The molecule has 0 fully saturated rings. The number of nitrogen functional groups attached to an aromatic ring is 1. The van der Waals surface area contributed by atoms with Gasteiger partial charge in [-0.1, -0.05) is 5.16 Å². The first-order valence-electron chi connectivity index (χ1n) is 5.34. The predicted octanol–water partition coefficient (Wildman–Crippen LogP) is 2.75. The fourth-order valence-electron chi connectivity index (χ4n) is 1.64. The third kappa shape index (κ3) is 1.76. The summed E-state index contributed by atoms with van der Waals surface area (Å²) in [7, 11) is 0. The van der Waals surface area contributed by atoms with Crippen LogP contribution in [0.2, 0.25) is 0 Å². The van der Waals surface area contributed by atoms with Crippen LogP contribution in [-0.2, 0) is 0 Å². The van der Waals surface area contributed by atoms with Crippen molar-refractivity contribution in [1.29, 1.82) is 0 Å². The molecule has 0 unspecified atom stereocenters. The zero-order chi connectivity index (χ0) is 12.5. The number of pyridine rings is 1. The van der Waals surface area contributed by atoms with Gasteiger partial charge in [0.05, 0.1) is 5.69 Å². The zero-order valence-corrected chi connectivity index (χ0v) is 10.4. The molecule has 0 spiro atoms. The minimum absolute atomic E-state index is 0.453. The Labute approximate surface area is 107 Å². The highest BCUT2D eigenvalue weighted by atomic mass is 32.1. The van der Waals surface area contributed by atoms with E-state index in [1.807, 2.05) is 24.4 Å². The maximum absolute atomic E-state index is 5.82. The van der Waals surface area contributed by atoms with Crippen LogP contribution in [0, 0.1) is 6.92 Å². The second-order valence-corrected chi connectivity index (χ2v) is 4.73. The number of aryl methyl sites for hydroxylation is 1. The third-order valence-electron chi connectivity index (χ3n) is 2.58. The van der Waals surface area contributed by atoms with E-state index in [1.54, 1.807) is 12.4 Å². The first-order valence-corrected chi connectivity index (χ1v) is 6.21. The molecule has 3 rings (SSSR count). The minimum Gasteiger partial charge on any atom is -0.397 e. The standard InChI is InChI=1S/C12H10N4OS/c1-7-6-14-4-2-8(7)11-15-12(17-16-11)10-9(13)3-5-18-10/h2-6H,13H2,1H3. The molecule has 0 saturated heterocycles. The molecule has 6 heteroatoms. The summed E-state index contributed by atoms with van der Waals surface area (Å²) in [6, 6.07) is 3.68. The van der Waals surface area contributed by atoms with Crippen LogP contribution < -0.4 is 5.73 Å². The van der Waals surface area contributed by atoms with Crippen molar-refractivity contribution in [3.8, 4) is 22.2 Å². The van der Waals surface area contributed by atoms with E-state index in [-0.39, 0.29) is 0 Å². The lowest BCUT2D eigenvalue weighted by atomic mass is 10.1. The highest BCUT2D eigenvalue weighted by Gasteiger charge is 2.15. The van der Waals surface area contributed by atoms with Crippen LogP contribution in [0.1, 0.15) is 5.56 Å². The summed E-state index contributed by atoms with van der Waals surface area (Å²) in [4.78, 5) is 9.21. The number of rotatable bonds is 2. The molecule has 0 bridgehead atoms. The second kappa shape index (κ2) is 4.23. The topological polar surface area (TPSA) is 77.8 Å². The average molecular weight is 258 g/mol. The van der Waals surface area contributed by atoms with Gasteiger partial charge < -0.3 is 10.3 Å². The Hall–Kier alpha value is -2.21. The van der Waals surface area contributed by atoms with E-state index >= 15 is 0 Å². The van der Waals surface area contributed by atoms with Gasteiger partial charge in [0.15, 0.2) is 0 Å². The van der Waals surface area contributed by atoms with E-state index in [0.717, 1.165) is 16.0 Å². The maximum Gasteiger partial charge on any atom is 0.270 e. The van der Waals surface area contributed by atoms with Crippen molar-refractivity contribution in [1.82, 2.24) is 15.1 Å². The molecule has 18 heavy (non-hydrogen) atoms. The molecule has 3 heterocycles. The Kier molecular flexibility index (Phi) is 2.56. The van der Waals surface area contributed by atoms with Gasteiger partial charge in [-0.25, -0.2) is 0 Å². The van der Waals surface area contributed by atoms with Gasteiger partial charge in [-0.15, -0.1) is 11.3 Å². The summed E-state index contributed by atoms with van der Waals surface area (Å²) in [6.07, 6.45) is 3.47. The number of hydrogen-bond donors (Lipinski definition) is 1. The van der Waals surface area contributed by atoms with Crippen molar-refractivity contribution < 1.29 is 4.52 Å². The molecule has 0 aliphatic rings. The number of nitrogens with zero attached hydrogens (tertiary/aromatic N) is 3. The SMILES string of the molecule is Cc1cnccc1-c1noc(-c2sccc2N)n1. The van der Waals surface area contributed by atoms with Crippen molar-refractivity contribution in [2.45, 2.75) is 6.92 Å². The van der Waals surface area contributed by atoms with Crippen LogP contribution >= 0.6 is 11.3 Å². The molecule has 0 aliphatic carbocycles. The summed E-state index contributed by atoms with van der Waals surface area (Å²) < 4.78 is 5.25. The van der Waals surface area contributed by atoms with Gasteiger partial charge in [0, 0.05) is 18.0 Å². The van der Waals surface area contributed by atoms with Crippen molar-refractivity contribution in [3.63, 3.8) is 0 Å². The predicted molar refractivity (Wildman–Crippen MR) is 70.0 cm³/mol. The third-order valence-corrected chi connectivity index (χ3v) is 3.50. The summed E-state index contributed by atoms with van der Waals surface area (Å²) in [6.45, 7) is 1.96. The molecular formula is C12H10N4OS. The van der Waals surface area contributed by atoms with Gasteiger partial charge in [-0.2, -0.15) is 4.98 Å². The summed E-state index contributed by atoms with van der Waals surface area (Å²) in [5, 5.41) is 5.88. The summed E-state index contributed by atoms with van der Waals surface area (Å²) >= 11 is 1.48. The lowest BCUT2D eigenvalue weighted by Crippen LogP contribution is -1.87. The quantitative estimate of drug-likeness (QED) is 0.764. The molecule has 5 nitrogen and oxygen atoms in total. The van der Waals surface area contributed by atoms with Crippen LogP contribution in [0.3, 0.4) is 0 Å². The van der Waals surface area contributed by atoms with Crippen molar-refractivity contribution >= 4 is 17.0 Å². The molecule has 0 amide bonds. The molecular weight excluding hydrogens is 248 g/mol. The minimum atomic E-state index is 0.453. The van der Waals surface area contributed by atoms with E-state index in [1.165, 1.54) is 11.3 Å². The van der Waals surface area contributed by atoms with Crippen molar-refractivity contribution in [2.24, 2.45) is 0 Å². The van der Waals surface area contributed by atoms with E-state index in [9.17, 15) is 0 Å². The van der Waals surface area contributed by atoms with Gasteiger partial charge >= 0.3 is 0 Å². The Balaban J connectivity index is 2.05. The van der Waals surface area contributed by atoms with Crippen LogP contribution in [0.4, 0.5) is 5.69 Å². The van der Waals surface area contributed by atoms with E-state index in [0.29, 0.717) is 17.4 Å². The summed E-state index contributed by atoms with van der Waals surface area (Å²) in [5.74, 6) is 1.01. The Morgan fingerprint density at radius 3 is 2.94 bits per heavy atom. The number of anilines is 1. The highest BCUT2D eigenvalue weighted by molar-refractivity contribution is 7.14. The van der Waals surface area contributed by atoms with Crippen molar-refractivity contribution in [2.75, 3.05) is 5.73 Å². The molecule has 3 aromatic heterocycles. The molecule has 0 aromatic carbocycles. The molecule has 90 valence electrons.